The Labute approximate surface area is 162 Å². The number of phenolic OH excluding ortho intramolecular Hbond substituents is 1. The average Bonchev–Trinajstić information content (AvgIpc) is 2.69. The standard InChI is InChI=1S/C23H31NO3/c1-3-5-7-15-26-21-13-10-20(11-14-21)24-18-19-9-12-22(17-23(19)25)27-16-8-6-4-2/h9-14,17-18,25H,3-8,15-16H2,1-2H3. The lowest BCUT2D eigenvalue weighted by Crippen LogP contribution is -1.97. The highest BCUT2D eigenvalue weighted by Gasteiger charge is 2.02. The molecule has 0 saturated heterocycles. The lowest BCUT2D eigenvalue weighted by atomic mass is 10.2. The number of rotatable bonds is 12. The van der Waals surface area contributed by atoms with Gasteiger partial charge in [-0.15, -0.1) is 0 Å². The van der Waals surface area contributed by atoms with Gasteiger partial charge in [-0.25, -0.2) is 0 Å². The summed E-state index contributed by atoms with van der Waals surface area (Å²) in [6.45, 7) is 5.76. The Kier molecular flexibility index (Phi) is 9.25. The molecule has 0 aliphatic heterocycles. The predicted octanol–water partition coefficient (Wildman–Crippen LogP) is 6.28. The van der Waals surface area contributed by atoms with Crippen LogP contribution in [-0.4, -0.2) is 24.5 Å². The number of aromatic hydroxyl groups is 1. The summed E-state index contributed by atoms with van der Waals surface area (Å²) in [6.07, 6.45) is 8.46. The third-order valence-corrected chi connectivity index (χ3v) is 4.22. The summed E-state index contributed by atoms with van der Waals surface area (Å²) >= 11 is 0. The van der Waals surface area contributed by atoms with E-state index in [9.17, 15) is 5.11 Å². The molecule has 0 spiro atoms. The van der Waals surface area contributed by atoms with Crippen LogP contribution in [0.3, 0.4) is 0 Å². The largest absolute Gasteiger partial charge is 0.507 e. The molecule has 2 aromatic carbocycles. The van der Waals surface area contributed by atoms with Crippen LogP contribution in [0.2, 0.25) is 0 Å². The number of nitrogens with zero attached hydrogens (tertiary/aromatic N) is 1. The molecule has 0 atom stereocenters. The van der Waals surface area contributed by atoms with Crippen molar-refractivity contribution in [2.75, 3.05) is 13.2 Å². The molecule has 0 aliphatic carbocycles. The number of aliphatic imine (C=N–C) groups is 1. The van der Waals surface area contributed by atoms with E-state index in [-0.39, 0.29) is 5.75 Å². The van der Waals surface area contributed by atoms with Crippen LogP contribution in [-0.2, 0) is 0 Å². The first-order chi connectivity index (χ1) is 13.2. The van der Waals surface area contributed by atoms with Gasteiger partial charge >= 0.3 is 0 Å². The molecule has 0 aliphatic rings. The van der Waals surface area contributed by atoms with E-state index in [1.165, 1.54) is 12.8 Å². The third-order valence-electron chi connectivity index (χ3n) is 4.22. The van der Waals surface area contributed by atoms with Crippen molar-refractivity contribution in [1.82, 2.24) is 0 Å². The Balaban J connectivity index is 1.87. The summed E-state index contributed by atoms with van der Waals surface area (Å²) in [5, 5.41) is 10.2. The summed E-state index contributed by atoms with van der Waals surface area (Å²) in [4.78, 5) is 4.42. The number of unbranched alkanes of at least 4 members (excludes halogenated alkanes) is 4. The van der Waals surface area contributed by atoms with Gasteiger partial charge in [0.15, 0.2) is 0 Å². The fourth-order valence-electron chi connectivity index (χ4n) is 2.58. The number of phenols is 1. The van der Waals surface area contributed by atoms with Gasteiger partial charge < -0.3 is 14.6 Å². The quantitative estimate of drug-likeness (QED) is 0.354. The summed E-state index contributed by atoms with van der Waals surface area (Å²) in [7, 11) is 0. The van der Waals surface area contributed by atoms with Gasteiger partial charge in [0.05, 0.1) is 18.9 Å². The van der Waals surface area contributed by atoms with Gasteiger partial charge in [0, 0.05) is 17.8 Å². The predicted molar refractivity (Wildman–Crippen MR) is 112 cm³/mol. The van der Waals surface area contributed by atoms with Crippen LogP contribution in [0.1, 0.15) is 57.9 Å². The van der Waals surface area contributed by atoms with E-state index in [4.69, 9.17) is 9.47 Å². The van der Waals surface area contributed by atoms with Crippen LogP contribution in [0.5, 0.6) is 17.2 Å². The van der Waals surface area contributed by atoms with Gasteiger partial charge in [0.25, 0.3) is 0 Å². The minimum Gasteiger partial charge on any atom is -0.507 e. The molecule has 0 unspecified atom stereocenters. The zero-order valence-electron chi connectivity index (χ0n) is 16.5. The van der Waals surface area contributed by atoms with E-state index in [1.807, 2.05) is 36.4 Å². The Morgan fingerprint density at radius 3 is 2.00 bits per heavy atom. The van der Waals surface area contributed by atoms with Crippen LogP contribution in [0, 0.1) is 0 Å². The minimum absolute atomic E-state index is 0.169. The smallest absolute Gasteiger partial charge is 0.128 e. The molecule has 0 saturated carbocycles. The first kappa shape index (κ1) is 20.8. The number of hydrogen-bond donors (Lipinski definition) is 1. The highest BCUT2D eigenvalue weighted by Crippen LogP contribution is 2.24. The summed E-state index contributed by atoms with van der Waals surface area (Å²) in [5.41, 5.74) is 1.48. The second kappa shape index (κ2) is 12.0. The van der Waals surface area contributed by atoms with Gasteiger partial charge in [-0.05, 0) is 49.2 Å². The first-order valence-electron chi connectivity index (χ1n) is 9.95. The maximum absolute atomic E-state index is 10.2. The summed E-state index contributed by atoms with van der Waals surface area (Å²) in [5.74, 6) is 1.71. The second-order valence-electron chi connectivity index (χ2n) is 6.58. The SMILES string of the molecule is CCCCCOc1ccc(N=Cc2ccc(OCCCCC)cc2O)cc1. The molecule has 27 heavy (non-hydrogen) atoms. The molecular weight excluding hydrogens is 338 g/mol. The Bertz CT molecular complexity index is 695. The van der Waals surface area contributed by atoms with Crippen molar-refractivity contribution in [3.8, 4) is 17.2 Å². The van der Waals surface area contributed by atoms with Crippen LogP contribution < -0.4 is 9.47 Å². The molecule has 0 radical (unpaired) electrons. The first-order valence-corrected chi connectivity index (χ1v) is 9.95. The van der Waals surface area contributed by atoms with Gasteiger partial charge in [-0.2, -0.15) is 0 Å². The number of benzene rings is 2. The molecular formula is C23H31NO3. The zero-order chi connectivity index (χ0) is 19.3. The molecule has 4 nitrogen and oxygen atoms in total. The molecule has 0 bridgehead atoms. The van der Waals surface area contributed by atoms with Crippen molar-refractivity contribution in [1.29, 1.82) is 0 Å². The lowest BCUT2D eigenvalue weighted by Gasteiger charge is -2.07. The molecule has 4 heteroatoms. The molecule has 0 heterocycles. The topological polar surface area (TPSA) is 51.0 Å². The van der Waals surface area contributed by atoms with Gasteiger partial charge in [0.1, 0.15) is 17.2 Å². The van der Waals surface area contributed by atoms with Gasteiger partial charge in [0.2, 0.25) is 0 Å². The van der Waals surface area contributed by atoms with Gasteiger partial charge in [-0.3, -0.25) is 4.99 Å². The third kappa shape index (κ3) is 7.73. The van der Waals surface area contributed by atoms with Crippen molar-refractivity contribution in [3.63, 3.8) is 0 Å². The van der Waals surface area contributed by atoms with E-state index in [0.717, 1.165) is 43.7 Å². The average molecular weight is 370 g/mol. The van der Waals surface area contributed by atoms with E-state index in [1.54, 1.807) is 12.3 Å². The van der Waals surface area contributed by atoms with Crippen LogP contribution in [0.25, 0.3) is 0 Å². The highest BCUT2D eigenvalue weighted by atomic mass is 16.5. The van der Waals surface area contributed by atoms with Crippen LogP contribution in [0.4, 0.5) is 5.69 Å². The van der Waals surface area contributed by atoms with E-state index >= 15 is 0 Å². The molecule has 1 N–H and O–H groups in total. The zero-order valence-corrected chi connectivity index (χ0v) is 16.5. The molecule has 2 rings (SSSR count). The normalized spacial score (nSPS) is 11.0. The maximum atomic E-state index is 10.2. The second-order valence-corrected chi connectivity index (χ2v) is 6.58. The van der Waals surface area contributed by atoms with E-state index < -0.39 is 0 Å². The Morgan fingerprint density at radius 2 is 1.41 bits per heavy atom. The monoisotopic (exact) mass is 369 g/mol. The van der Waals surface area contributed by atoms with Crippen molar-refractivity contribution >= 4 is 11.9 Å². The Morgan fingerprint density at radius 1 is 0.815 bits per heavy atom. The van der Waals surface area contributed by atoms with E-state index in [2.05, 4.69) is 18.8 Å². The van der Waals surface area contributed by atoms with Crippen LogP contribution >= 0.6 is 0 Å². The van der Waals surface area contributed by atoms with Crippen molar-refractivity contribution in [3.05, 3.63) is 48.0 Å². The molecule has 0 amide bonds. The Hall–Kier alpha value is -2.49. The molecule has 2 aromatic rings. The van der Waals surface area contributed by atoms with Crippen LogP contribution in [0.15, 0.2) is 47.5 Å². The van der Waals surface area contributed by atoms with Crippen molar-refractivity contribution < 1.29 is 14.6 Å². The van der Waals surface area contributed by atoms with Gasteiger partial charge in [-0.1, -0.05) is 39.5 Å². The highest BCUT2D eigenvalue weighted by molar-refractivity contribution is 5.85. The summed E-state index contributed by atoms with van der Waals surface area (Å²) < 4.78 is 11.3. The fraction of sp³-hybridized carbons (Fsp3) is 0.435. The maximum Gasteiger partial charge on any atom is 0.128 e. The lowest BCUT2D eigenvalue weighted by molar-refractivity contribution is 0.304. The van der Waals surface area contributed by atoms with Crippen molar-refractivity contribution in [2.24, 2.45) is 4.99 Å². The molecule has 0 fully saturated rings. The molecule has 0 aromatic heterocycles. The summed E-state index contributed by atoms with van der Waals surface area (Å²) in [6, 6.07) is 13.0. The fourth-order valence-corrected chi connectivity index (χ4v) is 2.58. The number of ether oxygens (including phenoxy) is 2. The minimum atomic E-state index is 0.169. The van der Waals surface area contributed by atoms with E-state index in [0.29, 0.717) is 17.9 Å². The molecule has 146 valence electrons. The number of hydrogen-bond acceptors (Lipinski definition) is 4. The van der Waals surface area contributed by atoms with Crippen molar-refractivity contribution in [2.45, 2.75) is 52.4 Å².